The van der Waals surface area contributed by atoms with Crippen LogP contribution in [0.3, 0.4) is 0 Å². The second-order valence-corrected chi connectivity index (χ2v) is 8.21. The van der Waals surface area contributed by atoms with E-state index in [1.54, 1.807) is 18.5 Å². The van der Waals surface area contributed by atoms with E-state index < -0.39 is 11.9 Å². The SMILES string of the molecule is COc1ncc(CN2CCC[C@@H](c3cc4nc(C(C)C)cc(C(F)(F)F)n4n3)C2)cn1. The first kappa shape index (κ1) is 21.5. The van der Waals surface area contributed by atoms with Crippen molar-refractivity contribution in [2.45, 2.75) is 51.2 Å². The third kappa shape index (κ3) is 4.63. The lowest BCUT2D eigenvalue weighted by atomic mass is 9.94. The predicted octanol–water partition coefficient (Wildman–Crippen LogP) is 4.05. The average Bonchev–Trinajstić information content (AvgIpc) is 3.17. The number of alkyl halides is 3. The molecule has 7 nitrogen and oxygen atoms in total. The fraction of sp³-hybridized carbons (Fsp3) is 0.524. The number of piperidine rings is 1. The summed E-state index contributed by atoms with van der Waals surface area (Å²) in [6.07, 6.45) is 0.770. The van der Waals surface area contributed by atoms with E-state index in [4.69, 9.17) is 4.74 Å². The van der Waals surface area contributed by atoms with Gasteiger partial charge in [0.25, 0.3) is 0 Å². The maximum atomic E-state index is 13.7. The first-order chi connectivity index (χ1) is 14.7. The summed E-state index contributed by atoms with van der Waals surface area (Å²) < 4.78 is 46.9. The van der Waals surface area contributed by atoms with Crippen LogP contribution in [0.4, 0.5) is 13.2 Å². The van der Waals surface area contributed by atoms with Crippen LogP contribution in [0.5, 0.6) is 6.01 Å². The minimum atomic E-state index is -4.50. The molecule has 31 heavy (non-hydrogen) atoms. The fourth-order valence-electron chi connectivity index (χ4n) is 3.94. The highest BCUT2D eigenvalue weighted by Crippen LogP contribution is 2.33. The van der Waals surface area contributed by atoms with E-state index in [2.05, 4.69) is 25.0 Å². The van der Waals surface area contributed by atoms with E-state index in [1.807, 2.05) is 13.8 Å². The van der Waals surface area contributed by atoms with Gasteiger partial charge in [-0.3, -0.25) is 4.90 Å². The van der Waals surface area contributed by atoms with Gasteiger partial charge in [0.1, 0.15) is 5.69 Å². The summed E-state index contributed by atoms with van der Waals surface area (Å²) in [7, 11) is 1.52. The summed E-state index contributed by atoms with van der Waals surface area (Å²) in [6, 6.07) is 3.12. The summed E-state index contributed by atoms with van der Waals surface area (Å²) in [5.74, 6) is -0.0699. The van der Waals surface area contributed by atoms with Crippen molar-refractivity contribution in [2.75, 3.05) is 20.2 Å². The molecule has 1 fully saturated rings. The molecule has 4 heterocycles. The summed E-state index contributed by atoms with van der Waals surface area (Å²) in [5, 5.41) is 4.33. The number of rotatable bonds is 5. The van der Waals surface area contributed by atoms with Gasteiger partial charge in [0, 0.05) is 48.7 Å². The van der Waals surface area contributed by atoms with Gasteiger partial charge in [-0.25, -0.2) is 19.5 Å². The Morgan fingerprint density at radius 1 is 1.19 bits per heavy atom. The molecule has 0 unspecified atom stereocenters. The number of ether oxygens (including phenoxy) is 1. The van der Waals surface area contributed by atoms with E-state index in [9.17, 15) is 13.2 Å². The predicted molar refractivity (Wildman–Crippen MR) is 108 cm³/mol. The van der Waals surface area contributed by atoms with Crippen LogP contribution in [-0.2, 0) is 12.7 Å². The highest BCUT2D eigenvalue weighted by atomic mass is 19.4. The third-order valence-electron chi connectivity index (χ3n) is 5.54. The molecule has 0 saturated carbocycles. The molecule has 1 saturated heterocycles. The monoisotopic (exact) mass is 434 g/mol. The van der Waals surface area contributed by atoms with Crippen molar-refractivity contribution >= 4 is 5.65 Å². The van der Waals surface area contributed by atoms with Crippen molar-refractivity contribution in [2.24, 2.45) is 0 Å². The Kier molecular flexibility index (Phi) is 5.83. The molecule has 0 aliphatic carbocycles. The van der Waals surface area contributed by atoms with Crippen LogP contribution in [0.25, 0.3) is 5.65 Å². The Morgan fingerprint density at radius 3 is 2.58 bits per heavy atom. The maximum absolute atomic E-state index is 13.7. The van der Waals surface area contributed by atoms with Gasteiger partial charge in [-0.15, -0.1) is 0 Å². The second kappa shape index (κ2) is 8.41. The normalized spacial score (nSPS) is 18.1. The maximum Gasteiger partial charge on any atom is 0.433 e. The molecule has 1 atom stereocenters. The first-order valence-corrected chi connectivity index (χ1v) is 10.3. The standard InChI is InChI=1S/C21H25F3N6O/c1-13(2)16-7-18(21(22,23)24)30-19(27-16)8-17(28-30)15-5-4-6-29(12-15)11-14-9-25-20(31-3)26-10-14/h7-10,13,15H,4-6,11-12H2,1-3H3/t15-/m1/s1. The second-order valence-electron chi connectivity index (χ2n) is 8.21. The third-order valence-corrected chi connectivity index (χ3v) is 5.54. The van der Waals surface area contributed by atoms with Gasteiger partial charge >= 0.3 is 12.2 Å². The summed E-state index contributed by atoms with van der Waals surface area (Å²) in [6.45, 7) is 5.93. The minimum Gasteiger partial charge on any atom is -0.467 e. The Balaban J connectivity index is 1.58. The zero-order chi connectivity index (χ0) is 22.2. The number of methoxy groups -OCH3 is 1. The molecule has 3 aromatic heterocycles. The molecule has 166 valence electrons. The van der Waals surface area contributed by atoms with Crippen molar-refractivity contribution in [1.82, 2.24) is 29.5 Å². The molecule has 10 heteroatoms. The van der Waals surface area contributed by atoms with Crippen molar-refractivity contribution in [3.63, 3.8) is 0 Å². The molecule has 1 aliphatic heterocycles. The van der Waals surface area contributed by atoms with E-state index in [0.717, 1.165) is 35.5 Å². The van der Waals surface area contributed by atoms with Crippen molar-refractivity contribution in [3.8, 4) is 6.01 Å². The lowest BCUT2D eigenvalue weighted by Gasteiger charge is -2.31. The zero-order valence-corrected chi connectivity index (χ0v) is 17.7. The van der Waals surface area contributed by atoms with Crippen LogP contribution >= 0.6 is 0 Å². The molecule has 0 spiro atoms. The number of hydrogen-bond acceptors (Lipinski definition) is 6. The van der Waals surface area contributed by atoms with Crippen LogP contribution in [0.15, 0.2) is 24.5 Å². The van der Waals surface area contributed by atoms with Gasteiger partial charge < -0.3 is 4.74 Å². The molecular formula is C21H25F3N6O. The van der Waals surface area contributed by atoms with Gasteiger partial charge in [0.15, 0.2) is 5.65 Å². The van der Waals surface area contributed by atoms with Gasteiger partial charge in [0.05, 0.1) is 12.8 Å². The van der Waals surface area contributed by atoms with Crippen molar-refractivity contribution in [3.05, 3.63) is 47.2 Å². The van der Waals surface area contributed by atoms with Crippen LogP contribution in [-0.4, -0.2) is 49.7 Å². The Hall–Kier alpha value is -2.75. The van der Waals surface area contributed by atoms with E-state index >= 15 is 0 Å². The summed E-state index contributed by atoms with van der Waals surface area (Å²) >= 11 is 0. The summed E-state index contributed by atoms with van der Waals surface area (Å²) in [5.41, 5.74) is 1.48. The number of likely N-dealkylation sites (tertiary alicyclic amines) is 1. The Labute approximate surface area is 178 Å². The molecule has 0 N–H and O–H groups in total. The number of fused-ring (bicyclic) bond motifs is 1. The van der Waals surface area contributed by atoms with Gasteiger partial charge in [-0.1, -0.05) is 13.8 Å². The number of hydrogen-bond donors (Lipinski definition) is 0. The van der Waals surface area contributed by atoms with E-state index in [0.29, 0.717) is 30.5 Å². The first-order valence-electron chi connectivity index (χ1n) is 10.3. The lowest BCUT2D eigenvalue weighted by molar-refractivity contribution is -0.142. The molecule has 3 aromatic rings. The average molecular weight is 434 g/mol. The molecule has 0 radical (unpaired) electrons. The van der Waals surface area contributed by atoms with E-state index in [1.165, 1.54) is 7.11 Å². The smallest absolute Gasteiger partial charge is 0.433 e. The number of halogens is 3. The van der Waals surface area contributed by atoms with Crippen molar-refractivity contribution in [1.29, 1.82) is 0 Å². The van der Waals surface area contributed by atoms with E-state index in [-0.39, 0.29) is 17.5 Å². The fourth-order valence-corrected chi connectivity index (χ4v) is 3.94. The Bertz CT molecular complexity index is 1050. The van der Waals surface area contributed by atoms with Gasteiger partial charge in [0.2, 0.25) is 0 Å². The topological polar surface area (TPSA) is 68.4 Å². The molecule has 0 bridgehead atoms. The zero-order valence-electron chi connectivity index (χ0n) is 17.7. The Morgan fingerprint density at radius 2 is 1.94 bits per heavy atom. The van der Waals surface area contributed by atoms with Crippen LogP contribution in [0.1, 0.15) is 61.2 Å². The lowest BCUT2D eigenvalue weighted by Crippen LogP contribution is -2.34. The largest absolute Gasteiger partial charge is 0.467 e. The van der Waals surface area contributed by atoms with Crippen molar-refractivity contribution < 1.29 is 17.9 Å². The number of nitrogens with zero attached hydrogens (tertiary/aromatic N) is 6. The molecular weight excluding hydrogens is 409 g/mol. The van der Waals surface area contributed by atoms with Crippen LogP contribution in [0, 0.1) is 0 Å². The minimum absolute atomic E-state index is 0.0400. The number of aromatic nitrogens is 5. The van der Waals surface area contributed by atoms with Gasteiger partial charge in [-0.2, -0.15) is 18.3 Å². The molecule has 0 amide bonds. The highest BCUT2D eigenvalue weighted by Gasteiger charge is 2.36. The van der Waals surface area contributed by atoms with Crippen LogP contribution < -0.4 is 4.74 Å². The quantitative estimate of drug-likeness (QED) is 0.604. The molecule has 1 aliphatic rings. The summed E-state index contributed by atoms with van der Waals surface area (Å²) in [4.78, 5) is 14.9. The van der Waals surface area contributed by atoms with Gasteiger partial charge in [-0.05, 0) is 31.4 Å². The highest BCUT2D eigenvalue weighted by molar-refractivity contribution is 5.44. The van der Waals surface area contributed by atoms with Crippen LogP contribution in [0.2, 0.25) is 0 Å². The molecule has 0 aromatic carbocycles. The molecule has 4 rings (SSSR count).